The Morgan fingerprint density at radius 2 is 1.96 bits per heavy atom. The van der Waals surface area contributed by atoms with Gasteiger partial charge in [0.1, 0.15) is 11.6 Å². The van der Waals surface area contributed by atoms with Gasteiger partial charge in [0.05, 0.1) is 11.4 Å². The normalized spacial score (nSPS) is 11.7. The van der Waals surface area contributed by atoms with Crippen LogP contribution >= 0.6 is 23.1 Å². The van der Waals surface area contributed by atoms with Gasteiger partial charge in [0.15, 0.2) is 4.34 Å². The monoisotopic (exact) mass is 369 g/mol. The lowest BCUT2D eigenvalue weighted by molar-refractivity contribution is 0.428. The molecule has 8 heteroatoms. The van der Waals surface area contributed by atoms with Crippen LogP contribution in [-0.2, 0) is 15.6 Å². The van der Waals surface area contributed by atoms with Crippen LogP contribution < -0.4 is 0 Å². The van der Waals surface area contributed by atoms with E-state index in [9.17, 15) is 12.8 Å². The Morgan fingerprint density at radius 3 is 2.61 bits per heavy atom. The molecule has 1 aromatic carbocycles. The van der Waals surface area contributed by atoms with Crippen molar-refractivity contribution >= 4 is 32.9 Å². The Kier molecular flexibility index (Phi) is 4.56. The number of sulfone groups is 1. The third kappa shape index (κ3) is 4.01. The number of rotatable bonds is 5. The highest BCUT2D eigenvalue weighted by Crippen LogP contribution is 2.31. The van der Waals surface area contributed by atoms with E-state index in [-0.39, 0.29) is 10.9 Å². The fraction of sp³-hybridized carbons (Fsp3) is 0.133. The first-order valence-electron chi connectivity index (χ1n) is 6.55. The number of aromatic nitrogens is 1. The second-order valence-electron chi connectivity index (χ2n) is 4.79. The average molecular weight is 369 g/mol. The predicted octanol–water partition coefficient (Wildman–Crippen LogP) is 4.24. The molecule has 2 heterocycles. The topological polar surface area (TPSA) is 60.2 Å². The van der Waals surface area contributed by atoms with E-state index in [1.54, 1.807) is 18.2 Å². The quantitative estimate of drug-likeness (QED) is 0.630. The van der Waals surface area contributed by atoms with Gasteiger partial charge in [-0.1, -0.05) is 11.8 Å². The van der Waals surface area contributed by atoms with Gasteiger partial charge >= 0.3 is 0 Å². The minimum absolute atomic E-state index is 0.0285. The van der Waals surface area contributed by atoms with Crippen LogP contribution in [0.4, 0.5) is 4.39 Å². The van der Waals surface area contributed by atoms with Gasteiger partial charge in [-0.25, -0.2) is 17.8 Å². The summed E-state index contributed by atoms with van der Waals surface area (Å²) in [6, 6.07) is 9.27. The third-order valence-electron chi connectivity index (χ3n) is 2.96. The standard InChI is InChI=1S/C15H12FNO3S3/c1-23(18,19)14-7-6-12(20-14)8-21-15-17-13(9-22-15)10-2-4-11(16)5-3-10/h2-7,9H,8H2,1H3. The number of benzene rings is 1. The molecule has 0 N–H and O–H groups in total. The summed E-state index contributed by atoms with van der Waals surface area (Å²) in [5.41, 5.74) is 1.64. The molecule has 23 heavy (non-hydrogen) atoms. The number of thioether (sulfide) groups is 1. The zero-order valence-electron chi connectivity index (χ0n) is 12.0. The van der Waals surface area contributed by atoms with Gasteiger partial charge in [-0.2, -0.15) is 0 Å². The van der Waals surface area contributed by atoms with E-state index in [0.29, 0.717) is 11.5 Å². The van der Waals surface area contributed by atoms with E-state index in [4.69, 9.17) is 4.42 Å². The number of furan rings is 1. The SMILES string of the molecule is CS(=O)(=O)c1ccc(CSc2nc(-c3ccc(F)cc3)cs2)o1. The van der Waals surface area contributed by atoms with Crippen molar-refractivity contribution in [1.29, 1.82) is 0 Å². The highest BCUT2D eigenvalue weighted by molar-refractivity contribution is 8.00. The fourth-order valence-electron chi connectivity index (χ4n) is 1.84. The van der Waals surface area contributed by atoms with Crippen LogP contribution in [0.25, 0.3) is 11.3 Å². The summed E-state index contributed by atoms with van der Waals surface area (Å²) in [6.07, 6.45) is 1.11. The van der Waals surface area contributed by atoms with Crippen LogP contribution in [0.3, 0.4) is 0 Å². The van der Waals surface area contributed by atoms with Gasteiger partial charge in [-0.3, -0.25) is 0 Å². The van der Waals surface area contributed by atoms with Crippen molar-refractivity contribution in [3.8, 4) is 11.3 Å². The smallest absolute Gasteiger partial charge is 0.217 e. The first-order chi connectivity index (χ1) is 10.9. The molecule has 0 fully saturated rings. The molecule has 120 valence electrons. The van der Waals surface area contributed by atoms with Gasteiger partial charge in [-0.05, 0) is 36.4 Å². The summed E-state index contributed by atoms with van der Waals surface area (Å²) in [4.78, 5) is 4.48. The van der Waals surface area contributed by atoms with E-state index in [2.05, 4.69) is 4.98 Å². The molecule has 0 atom stereocenters. The second kappa shape index (κ2) is 6.46. The lowest BCUT2D eigenvalue weighted by atomic mass is 10.2. The number of halogens is 1. The Hall–Kier alpha value is -1.64. The van der Waals surface area contributed by atoms with Crippen LogP contribution in [0.5, 0.6) is 0 Å². The summed E-state index contributed by atoms with van der Waals surface area (Å²) in [6.45, 7) is 0. The van der Waals surface area contributed by atoms with Crippen LogP contribution in [0.15, 0.2) is 55.6 Å². The zero-order chi connectivity index (χ0) is 16.4. The summed E-state index contributed by atoms with van der Waals surface area (Å²) >= 11 is 2.94. The third-order valence-corrected chi connectivity index (χ3v) is 5.96. The van der Waals surface area contributed by atoms with Gasteiger partial charge in [-0.15, -0.1) is 11.3 Å². The summed E-state index contributed by atoms with van der Waals surface area (Å²) < 4.78 is 41.8. The molecule has 4 nitrogen and oxygen atoms in total. The average Bonchev–Trinajstić information content (AvgIpc) is 3.15. The number of nitrogens with zero attached hydrogens (tertiary/aromatic N) is 1. The van der Waals surface area contributed by atoms with E-state index in [0.717, 1.165) is 21.9 Å². The van der Waals surface area contributed by atoms with Gasteiger partial charge in [0.25, 0.3) is 0 Å². The summed E-state index contributed by atoms with van der Waals surface area (Å²) in [7, 11) is -3.32. The minimum atomic E-state index is -3.32. The van der Waals surface area contributed by atoms with Crippen LogP contribution in [0.1, 0.15) is 5.76 Å². The first kappa shape index (κ1) is 16.2. The predicted molar refractivity (Wildman–Crippen MR) is 88.9 cm³/mol. The molecule has 0 spiro atoms. The maximum absolute atomic E-state index is 12.9. The molecule has 0 aliphatic rings. The van der Waals surface area contributed by atoms with Gasteiger partial charge < -0.3 is 4.42 Å². The van der Waals surface area contributed by atoms with Crippen LogP contribution in [-0.4, -0.2) is 19.7 Å². The molecule has 0 amide bonds. The van der Waals surface area contributed by atoms with Crippen molar-refractivity contribution in [2.24, 2.45) is 0 Å². The van der Waals surface area contributed by atoms with Crippen molar-refractivity contribution in [3.63, 3.8) is 0 Å². The Morgan fingerprint density at radius 1 is 1.22 bits per heavy atom. The molecule has 0 radical (unpaired) electrons. The van der Waals surface area contributed by atoms with Gasteiger partial charge in [0, 0.05) is 17.2 Å². The number of hydrogen-bond acceptors (Lipinski definition) is 6. The number of thiazole rings is 1. The van der Waals surface area contributed by atoms with E-state index in [1.807, 2.05) is 5.38 Å². The van der Waals surface area contributed by atoms with Crippen molar-refractivity contribution in [2.45, 2.75) is 15.2 Å². The lowest BCUT2D eigenvalue weighted by Gasteiger charge is -1.96. The molecule has 3 rings (SSSR count). The van der Waals surface area contributed by atoms with Crippen molar-refractivity contribution in [3.05, 3.63) is 53.4 Å². The lowest BCUT2D eigenvalue weighted by Crippen LogP contribution is -1.93. The van der Waals surface area contributed by atoms with Crippen molar-refractivity contribution in [1.82, 2.24) is 4.98 Å². The van der Waals surface area contributed by atoms with E-state index >= 15 is 0 Å². The van der Waals surface area contributed by atoms with Gasteiger partial charge in [0.2, 0.25) is 14.9 Å². The Balaban J connectivity index is 1.68. The maximum Gasteiger partial charge on any atom is 0.217 e. The maximum atomic E-state index is 12.9. The van der Waals surface area contributed by atoms with Crippen molar-refractivity contribution in [2.75, 3.05) is 6.26 Å². The summed E-state index contributed by atoms with van der Waals surface area (Å²) in [5, 5.41) is 1.87. The summed E-state index contributed by atoms with van der Waals surface area (Å²) in [5.74, 6) is 0.790. The molecular weight excluding hydrogens is 357 g/mol. The molecular formula is C15H12FNO3S3. The molecule has 2 aromatic heterocycles. The second-order valence-corrected chi connectivity index (χ2v) is 8.81. The minimum Gasteiger partial charge on any atom is -0.449 e. The molecule has 0 saturated heterocycles. The molecule has 0 unspecified atom stereocenters. The number of hydrogen-bond donors (Lipinski definition) is 0. The largest absolute Gasteiger partial charge is 0.449 e. The molecule has 0 saturated carbocycles. The zero-order valence-corrected chi connectivity index (χ0v) is 14.5. The molecule has 0 aliphatic carbocycles. The molecule has 0 aliphatic heterocycles. The molecule has 3 aromatic rings. The fourth-order valence-corrected chi connectivity index (χ4v) is 4.15. The van der Waals surface area contributed by atoms with E-state index < -0.39 is 9.84 Å². The van der Waals surface area contributed by atoms with Crippen molar-refractivity contribution < 1.29 is 17.2 Å². The molecule has 0 bridgehead atoms. The van der Waals surface area contributed by atoms with Crippen LogP contribution in [0, 0.1) is 5.82 Å². The Bertz CT molecular complexity index is 914. The van der Waals surface area contributed by atoms with E-state index in [1.165, 1.54) is 41.3 Å². The highest BCUT2D eigenvalue weighted by atomic mass is 32.2. The Labute approximate surface area is 141 Å². The van der Waals surface area contributed by atoms with Crippen LogP contribution in [0.2, 0.25) is 0 Å². The highest BCUT2D eigenvalue weighted by Gasteiger charge is 2.13. The first-order valence-corrected chi connectivity index (χ1v) is 10.3.